The molecule has 1 aliphatic rings. The van der Waals surface area contributed by atoms with E-state index in [0.717, 1.165) is 11.0 Å². The molecular formula is C9H14N2S. The summed E-state index contributed by atoms with van der Waals surface area (Å²) in [6.07, 6.45) is 5.83. The molecule has 2 nitrogen and oxygen atoms in total. The molecule has 1 heterocycles. The molecule has 0 bridgehead atoms. The van der Waals surface area contributed by atoms with Crippen molar-refractivity contribution in [2.75, 3.05) is 5.32 Å². The third-order valence-corrected chi connectivity index (χ3v) is 3.16. The summed E-state index contributed by atoms with van der Waals surface area (Å²) >= 11 is 1.69. The van der Waals surface area contributed by atoms with Gasteiger partial charge in [0, 0.05) is 17.6 Å². The predicted molar refractivity (Wildman–Crippen MR) is 52.5 cm³/mol. The molecule has 0 amide bonds. The van der Waals surface area contributed by atoms with E-state index in [1.165, 1.54) is 19.3 Å². The fraction of sp³-hybridized carbons (Fsp3) is 0.667. The summed E-state index contributed by atoms with van der Waals surface area (Å²) in [5.41, 5.74) is 0. The maximum absolute atomic E-state index is 4.21. The Morgan fingerprint density at radius 1 is 1.58 bits per heavy atom. The van der Waals surface area contributed by atoms with Gasteiger partial charge >= 0.3 is 0 Å². The van der Waals surface area contributed by atoms with Crippen molar-refractivity contribution in [3.63, 3.8) is 0 Å². The molecule has 1 fully saturated rings. The van der Waals surface area contributed by atoms with Crippen molar-refractivity contribution >= 4 is 16.5 Å². The van der Waals surface area contributed by atoms with Crippen LogP contribution in [0.25, 0.3) is 0 Å². The average molecular weight is 182 g/mol. The highest BCUT2D eigenvalue weighted by Gasteiger charge is 2.21. The van der Waals surface area contributed by atoms with Crippen LogP contribution in [-0.4, -0.2) is 11.0 Å². The molecule has 1 aliphatic carbocycles. The first-order valence-corrected chi connectivity index (χ1v) is 5.38. The molecule has 2 unspecified atom stereocenters. The van der Waals surface area contributed by atoms with Crippen molar-refractivity contribution in [2.24, 2.45) is 5.92 Å². The Labute approximate surface area is 77.0 Å². The van der Waals surface area contributed by atoms with Crippen LogP contribution < -0.4 is 5.32 Å². The minimum atomic E-state index is 0.672. The number of hydrogen-bond donors (Lipinski definition) is 1. The molecule has 0 aliphatic heterocycles. The quantitative estimate of drug-likeness (QED) is 0.760. The lowest BCUT2D eigenvalue weighted by Crippen LogP contribution is -2.14. The van der Waals surface area contributed by atoms with Gasteiger partial charge in [-0.25, -0.2) is 4.98 Å². The van der Waals surface area contributed by atoms with E-state index in [9.17, 15) is 0 Å². The summed E-state index contributed by atoms with van der Waals surface area (Å²) in [4.78, 5) is 4.21. The van der Waals surface area contributed by atoms with Gasteiger partial charge in [-0.2, -0.15) is 0 Å². The molecule has 1 aromatic rings. The number of anilines is 1. The predicted octanol–water partition coefficient (Wildman–Crippen LogP) is 2.74. The zero-order valence-electron chi connectivity index (χ0n) is 7.29. The zero-order chi connectivity index (χ0) is 8.39. The van der Waals surface area contributed by atoms with Gasteiger partial charge in [0.25, 0.3) is 0 Å². The molecule has 0 saturated heterocycles. The largest absolute Gasteiger partial charge is 0.359 e. The lowest BCUT2D eigenvalue weighted by molar-refractivity contribution is 0.602. The number of thiazole rings is 1. The van der Waals surface area contributed by atoms with Gasteiger partial charge in [0.05, 0.1) is 0 Å². The summed E-state index contributed by atoms with van der Waals surface area (Å²) in [7, 11) is 0. The van der Waals surface area contributed by atoms with Crippen LogP contribution >= 0.6 is 11.3 Å². The summed E-state index contributed by atoms with van der Waals surface area (Å²) in [6.45, 7) is 2.32. The SMILES string of the molecule is CC1CCC(Nc2nccs2)C1. The van der Waals surface area contributed by atoms with Crippen LogP contribution in [0.1, 0.15) is 26.2 Å². The minimum absolute atomic E-state index is 0.672. The number of aromatic nitrogens is 1. The minimum Gasteiger partial charge on any atom is -0.359 e. The molecule has 1 saturated carbocycles. The number of rotatable bonds is 2. The molecule has 0 radical (unpaired) electrons. The van der Waals surface area contributed by atoms with E-state index in [1.807, 2.05) is 11.6 Å². The molecule has 0 spiro atoms. The van der Waals surface area contributed by atoms with Crippen molar-refractivity contribution in [3.05, 3.63) is 11.6 Å². The normalized spacial score (nSPS) is 29.1. The Balaban J connectivity index is 1.88. The van der Waals surface area contributed by atoms with Crippen molar-refractivity contribution in [2.45, 2.75) is 32.2 Å². The maximum atomic E-state index is 4.21. The van der Waals surface area contributed by atoms with E-state index in [1.54, 1.807) is 11.3 Å². The maximum Gasteiger partial charge on any atom is 0.182 e. The number of hydrogen-bond acceptors (Lipinski definition) is 3. The van der Waals surface area contributed by atoms with E-state index >= 15 is 0 Å². The molecule has 3 heteroatoms. The second-order valence-corrected chi connectivity index (χ2v) is 4.49. The smallest absolute Gasteiger partial charge is 0.182 e. The van der Waals surface area contributed by atoms with Crippen molar-refractivity contribution in [1.82, 2.24) is 4.98 Å². The van der Waals surface area contributed by atoms with E-state index in [2.05, 4.69) is 17.2 Å². The molecular weight excluding hydrogens is 168 g/mol. The Morgan fingerprint density at radius 3 is 3.08 bits per heavy atom. The summed E-state index contributed by atoms with van der Waals surface area (Å²) in [6, 6.07) is 0.672. The monoisotopic (exact) mass is 182 g/mol. The lowest BCUT2D eigenvalue weighted by atomic mass is 10.1. The van der Waals surface area contributed by atoms with E-state index in [4.69, 9.17) is 0 Å². The van der Waals surface area contributed by atoms with E-state index in [-0.39, 0.29) is 0 Å². The van der Waals surface area contributed by atoms with Crippen LogP contribution in [0, 0.1) is 5.92 Å². The van der Waals surface area contributed by atoms with Crippen LogP contribution in [-0.2, 0) is 0 Å². The van der Waals surface area contributed by atoms with Gasteiger partial charge in [0.15, 0.2) is 5.13 Å². The zero-order valence-corrected chi connectivity index (χ0v) is 8.10. The highest BCUT2D eigenvalue weighted by Crippen LogP contribution is 2.27. The van der Waals surface area contributed by atoms with Crippen molar-refractivity contribution in [3.8, 4) is 0 Å². The van der Waals surface area contributed by atoms with E-state index < -0.39 is 0 Å². The van der Waals surface area contributed by atoms with Gasteiger partial charge < -0.3 is 5.32 Å². The van der Waals surface area contributed by atoms with Crippen molar-refractivity contribution < 1.29 is 0 Å². The van der Waals surface area contributed by atoms with Crippen LogP contribution in [0.15, 0.2) is 11.6 Å². The van der Waals surface area contributed by atoms with Gasteiger partial charge in [-0.15, -0.1) is 11.3 Å². The third kappa shape index (κ3) is 1.78. The lowest BCUT2D eigenvalue weighted by Gasteiger charge is -2.09. The molecule has 1 N–H and O–H groups in total. The highest BCUT2D eigenvalue weighted by atomic mass is 32.1. The van der Waals surface area contributed by atoms with Crippen molar-refractivity contribution in [1.29, 1.82) is 0 Å². The summed E-state index contributed by atoms with van der Waals surface area (Å²) in [5.74, 6) is 0.891. The molecule has 2 rings (SSSR count). The first-order chi connectivity index (χ1) is 5.84. The Hall–Kier alpha value is -0.570. The van der Waals surface area contributed by atoms with Gasteiger partial charge in [0.2, 0.25) is 0 Å². The Bertz CT molecular complexity index is 233. The fourth-order valence-corrected chi connectivity index (χ4v) is 2.41. The van der Waals surface area contributed by atoms with Gasteiger partial charge in [-0.3, -0.25) is 0 Å². The number of nitrogens with zero attached hydrogens (tertiary/aromatic N) is 1. The standard InChI is InChI=1S/C9H14N2S/c1-7-2-3-8(6-7)11-9-10-4-5-12-9/h4-5,7-8H,2-3,6H2,1H3,(H,10,11). The molecule has 12 heavy (non-hydrogen) atoms. The topological polar surface area (TPSA) is 24.9 Å². The van der Waals surface area contributed by atoms with Crippen LogP contribution in [0.3, 0.4) is 0 Å². The summed E-state index contributed by atoms with van der Waals surface area (Å²) in [5, 5.41) is 6.55. The first kappa shape index (κ1) is 8.05. The average Bonchev–Trinajstić information content (AvgIpc) is 2.63. The molecule has 2 atom stereocenters. The van der Waals surface area contributed by atoms with Gasteiger partial charge in [-0.05, 0) is 25.2 Å². The van der Waals surface area contributed by atoms with Gasteiger partial charge in [0.1, 0.15) is 0 Å². The van der Waals surface area contributed by atoms with Gasteiger partial charge in [-0.1, -0.05) is 6.92 Å². The second-order valence-electron chi connectivity index (χ2n) is 3.60. The number of nitrogens with one attached hydrogen (secondary N) is 1. The molecule has 1 aromatic heterocycles. The van der Waals surface area contributed by atoms with Crippen LogP contribution in [0.5, 0.6) is 0 Å². The fourth-order valence-electron chi connectivity index (χ4n) is 1.81. The first-order valence-electron chi connectivity index (χ1n) is 4.50. The van der Waals surface area contributed by atoms with Crippen LogP contribution in [0.2, 0.25) is 0 Å². The second kappa shape index (κ2) is 3.44. The Morgan fingerprint density at radius 2 is 2.50 bits per heavy atom. The molecule has 0 aromatic carbocycles. The highest BCUT2D eigenvalue weighted by molar-refractivity contribution is 7.13. The van der Waals surface area contributed by atoms with E-state index in [0.29, 0.717) is 6.04 Å². The molecule has 66 valence electrons. The Kier molecular flexibility index (Phi) is 2.30. The third-order valence-electron chi connectivity index (χ3n) is 2.45. The van der Waals surface area contributed by atoms with Crippen LogP contribution in [0.4, 0.5) is 5.13 Å². The summed E-state index contributed by atoms with van der Waals surface area (Å²) < 4.78 is 0.